The van der Waals surface area contributed by atoms with Crippen LogP contribution in [0, 0.1) is 6.92 Å². The van der Waals surface area contributed by atoms with E-state index in [4.69, 9.17) is 16.3 Å². The Bertz CT molecular complexity index is 1110. The van der Waals surface area contributed by atoms with E-state index in [0.717, 1.165) is 16.1 Å². The van der Waals surface area contributed by atoms with Crippen molar-refractivity contribution in [2.75, 3.05) is 31.3 Å². The Morgan fingerprint density at radius 1 is 1.18 bits per heavy atom. The highest BCUT2D eigenvalue weighted by Gasteiger charge is 2.31. The van der Waals surface area contributed by atoms with Crippen molar-refractivity contribution >= 4 is 39.1 Å². The number of likely N-dealkylation sites (N-methyl/N-ethyl adjacent to an activating group) is 1. The van der Waals surface area contributed by atoms with E-state index in [9.17, 15) is 18.0 Å². The number of nitrogens with zero attached hydrogens (tertiary/aromatic N) is 2. The Labute approximate surface area is 200 Å². The molecule has 0 heterocycles. The number of benzene rings is 2. The minimum absolute atomic E-state index is 0.105. The second-order valence-electron chi connectivity index (χ2n) is 7.57. The number of sulfonamides is 1. The fraction of sp³-hybridized carbons (Fsp3) is 0.391. The van der Waals surface area contributed by atoms with Gasteiger partial charge in [-0.2, -0.15) is 0 Å². The third kappa shape index (κ3) is 6.61. The number of anilines is 1. The molecule has 1 atom stereocenters. The smallest absolute Gasteiger partial charge is 0.244 e. The monoisotopic (exact) mass is 495 g/mol. The van der Waals surface area contributed by atoms with Gasteiger partial charge in [0, 0.05) is 18.6 Å². The first-order valence-corrected chi connectivity index (χ1v) is 12.6. The average Bonchev–Trinajstić information content (AvgIpc) is 2.78. The number of ether oxygens (including phenoxy) is 1. The van der Waals surface area contributed by atoms with E-state index in [1.807, 2.05) is 6.07 Å². The summed E-state index contributed by atoms with van der Waals surface area (Å²) in [5.74, 6) is -0.239. The molecule has 33 heavy (non-hydrogen) atoms. The van der Waals surface area contributed by atoms with Crippen LogP contribution in [0.5, 0.6) is 5.75 Å². The SMILES string of the molecule is CC[C@H](C(=O)NC)N(Cc1cccc(OC)c1)C(=O)CN(c1cccc(Cl)c1C)S(C)(=O)=O. The second kappa shape index (κ2) is 11.4. The first-order valence-electron chi connectivity index (χ1n) is 10.4. The van der Waals surface area contributed by atoms with Gasteiger partial charge in [-0.05, 0) is 48.7 Å². The van der Waals surface area contributed by atoms with Crippen LogP contribution in [0.25, 0.3) is 0 Å². The summed E-state index contributed by atoms with van der Waals surface area (Å²) in [5, 5.41) is 2.97. The normalized spacial score (nSPS) is 12.1. The van der Waals surface area contributed by atoms with Crippen LogP contribution >= 0.6 is 11.6 Å². The first-order chi connectivity index (χ1) is 15.5. The molecule has 2 aromatic carbocycles. The lowest BCUT2D eigenvalue weighted by Crippen LogP contribution is -2.51. The molecule has 10 heteroatoms. The zero-order valence-corrected chi connectivity index (χ0v) is 21.0. The highest BCUT2D eigenvalue weighted by Crippen LogP contribution is 2.28. The fourth-order valence-electron chi connectivity index (χ4n) is 3.51. The van der Waals surface area contributed by atoms with Crippen LogP contribution in [0.4, 0.5) is 5.69 Å². The molecular weight excluding hydrogens is 466 g/mol. The first kappa shape index (κ1) is 26.5. The highest BCUT2D eigenvalue weighted by molar-refractivity contribution is 7.92. The molecule has 8 nitrogen and oxygen atoms in total. The summed E-state index contributed by atoms with van der Waals surface area (Å²) in [7, 11) is -0.783. The van der Waals surface area contributed by atoms with E-state index in [-0.39, 0.29) is 12.5 Å². The van der Waals surface area contributed by atoms with Crippen molar-refractivity contribution in [3.63, 3.8) is 0 Å². The number of amides is 2. The molecule has 0 unspecified atom stereocenters. The van der Waals surface area contributed by atoms with E-state index in [1.54, 1.807) is 57.4 Å². The summed E-state index contributed by atoms with van der Waals surface area (Å²) in [5.41, 5.74) is 1.60. The van der Waals surface area contributed by atoms with Crippen molar-refractivity contribution in [3.05, 3.63) is 58.6 Å². The van der Waals surface area contributed by atoms with E-state index >= 15 is 0 Å². The van der Waals surface area contributed by atoms with E-state index in [2.05, 4.69) is 5.32 Å². The van der Waals surface area contributed by atoms with Crippen molar-refractivity contribution in [2.45, 2.75) is 32.9 Å². The van der Waals surface area contributed by atoms with E-state index < -0.39 is 28.5 Å². The molecule has 0 saturated carbocycles. The van der Waals surface area contributed by atoms with Gasteiger partial charge in [-0.25, -0.2) is 8.42 Å². The molecule has 0 fully saturated rings. The van der Waals surface area contributed by atoms with Gasteiger partial charge in [0.25, 0.3) is 0 Å². The summed E-state index contributed by atoms with van der Waals surface area (Å²) in [6, 6.07) is 11.2. The molecule has 180 valence electrons. The molecule has 2 rings (SSSR count). The minimum atomic E-state index is -3.82. The Morgan fingerprint density at radius 2 is 1.85 bits per heavy atom. The molecule has 0 aliphatic rings. The number of halogens is 1. The third-order valence-electron chi connectivity index (χ3n) is 5.31. The maximum atomic E-state index is 13.5. The van der Waals surface area contributed by atoms with E-state index in [1.165, 1.54) is 11.9 Å². The lowest BCUT2D eigenvalue weighted by molar-refractivity contribution is -0.140. The van der Waals surface area contributed by atoms with Crippen LogP contribution in [0.15, 0.2) is 42.5 Å². The Morgan fingerprint density at radius 3 is 2.42 bits per heavy atom. The van der Waals surface area contributed by atoms with Crippen molar-refractivity contribution in [3.8, 4) is 5.75 Å². The van der Waals surface area contributed by atoms with Crippen molar-refractivity contribution in [1.82, 2.24) is 10.2 Å². The molecule has 0 aromatic heterocycles. The van der Waals surface area contributed by atoms with Crippen LogP contribution in [0.1, 0.15) is 24.5 Å². The summed E-state index contributed by atoms with van der Waals surface area (Å²) in [4.78, 5) is 27.5. The number of nitrogens with one attached hydrogen (secondary N) is 1. The molecule has 1 N–H and O–H groups in total. The molecule has 0 aliphatic carbocycles. The van der Waals surface area contributed by atoms with Crippen LogP contribution in [0.3, 0.4) is 0 Å². The number of hydrogen-bond acceptors (Lipinski definition) is 5. The lowest BCUT2D eigenvalue weighted by atomic mass is 10.1. The highest BCUT2D eigenvalue weighted by atomic mass is 35.5. The second-order valence-corrected chi connectivity index (χ2v) is 9.88. The molecule has 0 spiro atoms. The van der Waals surface area contributed by atoms with Crippen molar-refractivity contribution in [2.24, 2.45) is 0 Å². The summed E-state index contributed by atoms with van der Waals surface area (Å²) >= 11 is 6.19. The Hall–Kier alpha value is -2.78. The minimum Gasteiger partial charge on any atom is -0.497 e. The molecule has 0 aliphatic heterocycles. The van der Waals surface area contributed by atoms with Crippen LogP contribution in [-0.4, -0.2) is 58.1 Å². The summed E-state index contributed by atoms with van der Waals surface area (Å²) in [6.45, 7) is 3.11. The number of methoxy groups -OCH3 is 1. The van der Waals surface area contributed by atoms with Gasteiger partial charge in [-0.3, -0.25) is 13.9 Å². The lowest BCUT2D eigenvalue weighted by Gasteiger charge is -2.33. The van der Waals surface area contributed by atoms with Gasteiger partial charge in [-0.15, -0.1) is 0 Å². The largest absolute Gasteiger partial charge is 0.497 e. The average molecular weight is 496 g/mol. The maximum Gasteiger partial charge on any atom is 0.244 e. The number of carbonyl (C=O) groups is 2. The predicted molar refractivity (Wildman–Crippen MR) is 130 cm³/mol. The fourth-order valence-corrected chi connectivity index (χ4v) is 4.58. The van der Waals surface area contributed by atoms with Gasteiger partial charge in [0.1, 0.15) is 18.3 Å². The molecule has 0 radical (unpaired) electrons. The topological polar surface area (TPSA) is 96.0 Å². The molecule has 0 saturated heterocycles. The van der Waals surface area contributed by atoms with Gasteiger partial charge in [0.05, 0.1) is 19.1 Å². The number of hydrogen-bond donors (Lipinski definition) is 1. The number of rotatable bonds is 10. The van der Waals surface area contributed by atoms with Gasteiger partial charge in [0.15, 0.2) is 0 Å². The molecule has 0 bridgehead atoms. The van der Waals surface area contributed by atoms with Gasteiger partial charge < -0.3 is 15.0 Å². The number of carbonyl (C=O) groups excluding carboxylic acids is 2. The third-order valence-corrected chi connectivity index (χ3v) is 6.84. The van der Waals surface area contributed by atoms with Crippen LogP contribution < -0.4 is 14.4 Å². The maximum absolute atomic E-state index is 13.5. The summed E-state index contributed by atoms with van der Waals surface area (Å²) in [6.07, 6.45) is 1.38. The molecule has 2 amide bonds. The van der Waals surface area contributed by atoms with Crippen molar-refractivity contribution in [1.29, 1.82) is 0 Å². The summed E-state index contributed by atoms with van der Waals surface area (Å²) < 4.78 is 31.6. The van der Waals surface area contributed by atoms with Gasteiger partial charge in [0.2, 0.25) is 21.8 Å². The van der Waals surface area contributed by atoms with Gasteiger partial charge in [-0.1, -0.05) is 36.7 Å². The zero-order chi connectivity index (χ0) is 24.8. The standard InChI is InChI=1S/C23H30ClN3O5S/c1-6-20(23(29)25-3)26(14-17-9-7-10-18(13-17)32-4)22(28)15-27(33(5,30)31)21-12-8-11-19(24)16(21)2/h7-13,20H,6,14-15H2,1-5H3,(H,25,29)/t20-/m1/s1. The van der Waals surface area contributed by atoms with Gasteiger partial charge >= 0.3 is 0 Å². The Balaban J connectivity index is 2.48. The van der Waals surface area contributed by atoms with E-state index in [0.29, 0.717) is 28.4 Å². The van der Waals surface area contributed by atoms with Crippen LogP contribution in [0.2, 0.25) is 5.02 Å². The molecule has 2 aromatic rings. The molecular formula is C23H30ClN3O5S. The van der Waals surface area contributed by atoms with Crippen LogP contribution in [-0.2, 0) is 26.2 Å². The predicted octanol–water partition coefficient (Wildman–Crippen LogP) is 2.98. The van der Waals surface area contributed by atoms with Crippen molar-refractivity contribution < 1.29 is 22.7 Å². The zero-order valence-electron chi connectivity index (χ0n) is 19.5. The Kier molecular flexibility index (Phi) is 9.13. The quantitative estimate of drug-likeness (QED) is 0.546.